The van der Waals surface area contributed by atoms with Crippen molar-refractivity contribution in [2.75, 3.05) is 22.9 Å². The van der Waals surface area contributed by atoms with Crippen LogP contribution < -0.4 is 15.1 Å². The molecule has 0 aliphatic carbocycles. The second-order valence-electron chi connectivity index (χ2n) is 6.81. The Hall–Kier alpha value is -3.32. The number of hydrogen-bond donors (Lipinski definition) is 2. The number of nitrogens with zero attached hydrogens (tertiary/aromatic N) is 2. The van der Waals surface area contributed by atoms with E-state index in [1.807, 2.05) is 13.8 Å². The van der Waals surface area contributed by atoms with E-state index in [0.29, 0.717) is 10.6 Å². The van der Waals surface area contributed by atoms with Crippen LogP contribution in [0.4, 0.5) is 16.2 Å². The summed E-state index contributed by atoms with van der Waals surface area (Å²) in [5.41, 5.74) is 1.88. The van der Waals surface area contributed by atoms with Crippen LogP contribution in [0.15, 0.2) is 42.0 Å². The molecule has 2 aromatic rings. The molecule has 0 spiro atoms. The number of phenols is 1. The maximum absolute atomic E-state index is 13.0. The molecule has 2 aromatic carbocycles. The number of anilines is 2. The largest absolute Gasteiger partial charge is 0.507 e. The highest BCUT2D eigenvalue weighted by atomic mass is 35.5. The quantitative estimate of drug-likeness (QED) is 0.558. The van der Waals surface area contributed by atoms with Crippen molar-refractivity contribution in [1.29, 1.82) is 0 Å². The number of rotatable bonds is 5. The van der Waals surface area contributed by atoms with Crippen LogP contribution in [0.5, 0.6) is 5.75 Å². The molecule has 1 fully saturated rings. The minimum Gasteiger partial charge on any atom is -0.507 e. The molecule has 0 radical (unpaired) electrons. The summed E-state index contributed by atoms with van der Waals surface area (Å²) in [4.78, 5) is 40.5. The summed E-state index contributed by atoms with van der Waals surface area (Å²) < 4.78 is 0. The van der Waals surface area contributed by atoms with Gasteiger partial charge in [0.2, 0.25) is 0 Å². The predicted molar refractivity (Wildman–Crippen MR) is 117 cm³/mol. The number of amides is 4. The molecule has 1 aliphatic rings. The predicted octanol–water partition coefficient (Wildman–Crippen LogP) is 3.87. The van der Waals surface area contributed by atoms with Crippen LogP contribution in [0.3, 0.4) is 0 Å². The van der Waals surface area contributed by atoms with Crippen LogP contribution in [-0.4, -0.2) is 36.0 Å². The van der Waals surface area contributed by atoms with Gasteiger partial charge in [-0.25, -0.2) is 9.69 Å². The van der Waals surface area contributed by atoms with Crippen molar-refractivity contribution in [1.82, 2.24) is 5.32 Å². The number of hydrogen-bond acceptors (Lipinski definition) is 5. The number of urea groups is 1. The van der Waals surface area contributed by atoms with Crippen LogP contribution in [0.2, 0.25) is 5.02 Å². The van der Waals surface area contributed by atoms with Gasteiger partial charge in [-0.15, -0.1) is 0 Å². The first-order chi connectivity index (χ1) is 14.3. The van der Waals surface area contributed by atoms with E-state index < -0.39 is 17.8 Å². The molecule has 4 amide bonds. The third kappa shape index (κ3) is 4.02. The van der Waals surface area contributed by atoms with Crippen molar-refractivity contribution >= 4 is 46.9 Å². The zero-order valence-electron chi connectivity index (χ0n) is 16.9. The average molecular weight is 428 g/mol. The third-order valence-electron chi connectivity index (χ3n) is 4.96. The number of carbonyl (C=O) groups is 3. The van der Waals surface area contributed by atoms with Crippen molar-refractivity contribution in [3.8, 4) is 5.75 Å². The zero-order valence-corrected chi connectivity index (χ0v) is 17.7. The topological polar surface area (TPSA) is 90.0 Å². The molecule has 1 aliphatic heterocycles. The fourth-order valence-electron chi connectivity index (χ4n) is 3.21. The Morgan fingerprint density at radius 1 is 1.10 bits per heavy atom. The lowest BCUT2D eigenvalue weighted by Gasteiger charge is -2.26. The lowest BCUT2D eigenvalue weighted by atomic mass is 10.0. The summed E-state index contributed by atoms with van der Waals surface area (Å²) in [6.45, 7) is 7.35. The monoisotopic (exact) mass is 427 g/mol. The van der Waals surface area contributed by atoms with E-state index in [0.717, 1.165) is 29.2 Å². The van der Waals surface area contributed by atoms with E-state index in [1.165, 1.54) is 12.1 Å². The Balaban J connectivity index is 1.99. The second-order valence-corrected chi connectivity index (χ2v) is 7.21. The van der Waals surface area contributed by atoms with Crippen molar-refractivity contribution in [2.24, 2.45) is 0 Å². The first-order valence-electron chi connectivity index (χ1n) is 9.52. The summed E-state index contributed by atoms with van der Waals surface area (Å²) in [6.07, 6.45) is 1.27. The minimum absolute atomic E-state index is 0.0747. The van der Waals surface area contributed by atoms with E-state index in [9.17, 15) is 19.5 Å². The minimum atomic E-state index is -0.858. The number of phenolic OH excluding ortho intramolecular Hbond substituents is 1. The van der Waals surface area contributed by atoms with Gasteiger partial charge < -0.3 is 10.0 Å². The van der Waals surface area contributed by atoms with Crippen molar-refractivity contribution in [3.63, 3.8) is 0 Å². The van der Waals surface area contributed by atoms with Gasteiger partial charge in [-0.05, 0) is 56.7 Å². The molecule has 8 heteroatoms. The number of carbonyl (C=O) groups excluding carboxylic acids is 3. The molecule has 0 bridgehead atoms. The Morgan fingerprint density at radius 3 is 2.40 bits per heavy atom. The number of barbiturate groups is 1. The zero-order chi connectivity index (χ0) is 22.0. The molecule has 3 rings (SSSR count). The molecule has 156 valence electrons. The Kier molecular flexibility index (Phi) is 6.12. The van der Waals surface area contributed by atoms with Gasteiger partial charge in [0.05, 0.1) is 5.69 Å². The van der Waals surface area contributed by atoms with Crippen molar-refractivity contribution in [3.05, 3.63) is 58.1 Å². The number of aromatic hydroxyl groups is 1. The Morgan fingerprint density at radius 2 is 1.80 bits per heavy atom. The Bertz CT molecular complexity index is 1060. The van der Waals surface area contributed by atoms with Gasteiger partial charge in [-0.1, -0.05) is 17.7 Å². The molecule has 1 heterocycles. The standard InChI is InChI=1S/C22H22ClN3O4/c1-4-25(5-2)15-9-7-14(19(27)12-15)10-17-20(28)24-22(30)26(21(17)29)16-8-6-13(3)18(23)11-16/h6-12,27H,4-5H2,1-3H3,(H,24,28,30). The summed E-state index contributed by atoms with van der Waals surface area (Å²) in [5.74, 6) is -1.70. The van der Waals surface area contributed by atoms with Crippen LogP contribution in [0.25, 0.3) is 6.08 Å². The molecule has 0 aromatic heterocycles. The molecular weight excluding hydrogens is 406 g/mol. The van der Waals surface area contributed by atoms with Crippen molar-refractivity contribution in [2.45, 2.75) is 20.8 Å². The smallest absolute Gasteiger partial charge is 0.335 e. The van der Waals surface area contributed by atoms with E-state index in [1.54, 1.807) is 37.3 Å². The molecule has 1 saturated heterocycles. The van der Waals surface area contributed by atoms with Gasteiger partial charge in [0.1, 0.15) is 11.3 Å². The lowest BCUT2D eigenvalue weighted by molar-refractivity contribution is -0.122. The average Bonchev–Trinajstić information content (AvgIpc) is 2.70. The van der Waals surface area contributed by atoms with E-state index in [2.05, 4.69) is 10.2 Å². The summed E-state index contributed by atoms with van der Waals surface area (Å²) >= 11 is 6.12. The Labute approximate surface area is 179 Å². The number of halogens is 1. The first kappa shape index (κ1) is 21.4. The highest BCUT2D eigenvalue weighted by Crippen LogP contribution is 2.29. The maximum atomic E-state index is 13.0. The summed E-state index contributed by atoms with van der Waals surface area (Å²) in [7, 11) is 0. The van der Waals surface area contributed by atoms with Crippen LogP contribution in [-0.2, 0) is 9.59 Å². The van der Waals surface area contributed by atoms with Gasteiger partial charge in [0, 0.05) is 35.4 Å². The first-order valence-corrected chi connectivity index (χ1v) is 9.90. The second kappa shape index (κ2) is 8.59. The van der Waals surface area contributed by atoms with Gasteiger partial charge in [-0.3, -0.25) is 14.9 Å². The van der Waals surface area contributed by atoms with Crippen LogP contribution in [0, 0.1) is 6.92 Å². The fraction of sp³-hybridized carbons (Fsp3) is 0.227. The molecule has 0 atom stereocenters. The fourth-order valence-corrected chi connectivity index (χ4v) is 3.38. The van der Waals surface area contributed by atoms with Gasteiger partial charge in [0.15, 0.2) is 0 Å². The highest BCUT2D eigenvalue weighted by molar-refractivity contribution is 6.39. The highest BCUT2D eigenvalue weighted by Gasteiger charge is 2.37. The molecule has 30 heavy (non-hydrogen) atoms. The van der Waals surface area contributed by atoms with Crippen LogP contribution >= 0.6 is 11.6 Å². The van der Waals surface area contributed by atoms with Gasteiger partial charge in [-0.2, -0.15) is 0 Å². The normalized spacial score (nSPS) is 15.5. The van der Waals surface area contributed by atoms with Gasteiger partial charge >= 0.3 is 6.03 Å². The van der Waals surface area contributed by atoms with E-state index in [4.69, 9.17) is 11.6 Å². The van der Waals surface area contributed by atoms with Crippen molar-refractivity contribution < 1.29 is 19.5 Å². The maximum Gasteiger partial charge on any atom is 0.335 e. The summed E-state index contributed by atoms with van der Waals surface area (Å²) in [5, 5.41) is 13.0. The number of nitrogens with one attached hydrogen (secondary N) is 1. The number of benzene rings is 2. The molecular formula is C22H22ClN3O4. The lowest BCUT2D eigenvalue weighted by Crippen LogP contribution is -2.54. The summed E-state index contributed by atoms with van der Waals surface area (Å²) in [6, 6.07) is 8.87. The third-order valence-corrected chi connectivity index (χ3v) is 5.36. The van der Waals surface area contributed by atoms with Crippen LogP contribution in [0.1, 0.15) is 25.0 Å². The van der Waals surface area contributed by atoms with Gasteiger partial charge in [0.25, 0.3) is 11.8 Å². The SMILES string of the molecule is CCN(CC)c1ccc(C=C2C(=O)NC(=O)N(c3ccc(C)c(Cl)c3)C2=O)c(O)c1. The molecule has 7 nitrogen and oxygen atoms in total. The van der Waals surface area contributed by atoms with E-state index in [-0.39, 0.29) is 17.0 Å². The molecule has 2 N–H and O–H groups in total. The van der Waals surface area contributed by atoms with E-state index >= 15 is 0 Å². The number of imide groups is 2. The molecule has 0 unspecified atom stereocenters. The molecule has 0 saturated carbocycles. The number of aryl methyl sites for hydroxylation is 1.